The van der Waals surface area contributed by atoms with Crippen molar-refractivity contribution in [1.29, 1.82) is 0 Å². The van der Waals surface area contributed by atoms with Crippen LogP contribution in [0.25, 0.3) is 0 Å². The summed E-state index contributed by atoms with van der Waals surface area (Å²) in [6, 6.07) is 0.537. The molecule has 0 unspecified atom stereocenters. The summed E-state index contributed by atoms with van der Waals surface area (Å²) in [5.41, 5.74) is -1.23. The molecule has 1 rings (SSSR count). The Hall–Kier alpha value is -0.580. The predicted molar refractivity (Wildman–Crippen MR) is 100 cm³/mol. The van der Waals surface area contributed by atoms with Crippen molar-refractivity contribution in [2.24, 2.45) is 4.76 Å². The summed E-state index contributed by atoms with van der Waals surface area (Å²) in [6.45, 7) is 21.3. The molecule has 142 valence electrons. The van der Waals surface area contributed by atoms with E-state index in [4.69, 9.17) is 9.05 Å². The molecule has 1 saturated heterocycles. The van der Waals surface area contributed by atoms with Crippen molar-refractivity contribution in [1.82, 2.24) is 9.80 Å². The topological polar surface area (TPSA) is 54.4 Å². The van der Waals surface area contributed by atoms with Crippen molar-refractivity contribution in [2.45, 2.75) is 92.5 Å². The minimum atomic E-state index is -3.66. The van der Waals surface area contributed by atoms with E-state index < -0.39 is 18.9 Å². The Balaban J connectivity index is 3.33. The predicted octanol–water partition coefficient (Wildman–Crippen LogP) is 4.52. The lowest BCUT2D eigenvalue weighted by atomic mass is 10.2. The normalized spacial score (nSPS) is 17.4. The maximum absolute atomic E-state index is 13.5. The first-order chi connectivity index (χ1) is 10.6. The second-order valence-electron chi connectivity index (χ2n) is 8.85. The Bertz CT molecular complexity index is 466. The van der Waals surface area contributed by atoms with Gasteiger partial charge in [0, 0.05) is 25.2 Å². The molecule has 0 N–H and O–H groups in total. The summed E-state index contributed by atoms with van der Waals surface area (Å²) in [4.78, 5) is 4.31. The fourth-order valence-corrected chi connectivity index (χ4v) is 4.49. The van der Waals surface area contributed by atoms with Crippen LogP contribution in [0.1, 0.15) is 69.2 Å². The second kappa shape index (κ2) is 7.35. The van der Waals surface area contributed by atoms with Gasteiger partial charge >= 0.3 is 7.75 Å². The molecule has 0 amide bonds. The minimum Gasteiger partial charge on any atom is -0.338 e. The fraction of sp³-hybridized carbons (Fsp3) is 0.941. The van der Waals surface area contributed by atoms with Gasteiger partial charge < -0.3 is 9.80 Å². The average molecular weight is 361 g/mol. The lowest BCUT2D eigenvalue weighted by Gasteiger charge is -2.33. The molecule has 0 bridgehead atoms. The van der Waals surface area contributed by atoms with Crippen LogP contribution in [0.15, 0.2) is 4.76 Å². The molecule has 0 aromatic carbocycles. The van der Waals surface area contributed by atoms with Crippen molar-refractivity contribution in [2.75, 3.05) is 13.1 Å². The third-order valence-corrected chi connectivity index (χ3v) is 5.31. The van der Waals surface area contributed by atoms with Crippen molar-refractivity contribution in [3.8, 4) is 0 Å². The molecular weight excluding hydrogens is 325 g/mol. The van der Waals surface area contributed by atoms with Crippen LogP contribution >= 0.6 is 7.75 Å². The van der Waals surface area contributed by atoms with Gasteiger partial charge in [-0.15, -0.1) is 4.76 Å². The van der Waals surface area contributed by atoms with Crippen molar-refractivity contribution in [3.05, 3.63) is 0 Å². The first kappa shape index (κ1) is 21.5. The van der Waals surface area contributed by atoms with E-state index in [9.17, 15) is 4.57 Å². The summed E-state index contributed by atoms with van der Waals surface area (Å²) in [7, 11) is -3.66. The van der Waals surface area contributed by atoms with E-state index in [1.165, 1.54) is 0 Å². The molecule has 1 aliphatic rings. The van der Waals surface area contributed by atoms with Crippen LogP contribution < -0.4 is 0 Å². The Morgan fingerprint density at radius 3 is 1.46 bits per heavy atom. The van der Waals surface area contributed by atoms with Gasteiger partial charge in [0.2, 0.25) is 5.96 Å². The van der Waals surface area contributed by atoms with Gasteiger partial charge in [0.05, 0.1) is 11.2 Å². The Kier molecular flexibility index (Phi) is 6.57. The largest absolute Gasteiger partial charge is 0.458 e. The third-order valence-electron chi connectivity index (χ3n) is 3.33. The van der Waals surface area contributed by atoms with E-state index in [0.717, 1.165) is 13.1 Å². The number of rotatable bonds is 5. The lowest BCUT2D eigenvalue weighted by Crippen LogP contribution is -2.40. The molecule has 0 aromatic heterocycles. The highest BCUT2D eigenvalue weighted by Crippen LogP contribution is 2.56. The molecule has 1 fully saturated rings. The molecule has 0 radical (unpaired) electrons. The van der Waals surface area contributed by atoms with Crippen molar-refractivity contribution in [3.63, 3.8) is 0 Å². The van der Waals surface area contributed by atoms with Crippen molar-refractivity contribution >= 4 is 13.7 Å². The van der Waals surface area contributed by atoms with Gasteiger partial charge in [0.15, 0.2) is 0 Å². The highest BCUT2D eigenvalue weighted by Gasteiger charge is 2.39. The fourth-order valence-electron chi connectivity index (χ4n) is 2.53. The quantitative estimate of drug-likeness (QED) is 0.674. The SMILES string of the molecule is CC(C)N1CCN(C(C)C)C1=NP(=O)(OC(C)(C)C)OC(C)(C)C. The summed E-state index contributed by atoms with van der Waals surface area (Å²) in [6.07, 6.45) is 0. The van der Waals surface area contributed by atoms with E-state index in [-0.39, 0.29) is 12.1 Å². The molecule has 0 spiro atoms. The first-order valence-corrected chi connectivity index (χ1v) is 10.3. The lowest BCUT2D eigenvalue weighted by molar-refractivity contribution is 0.0493. The van der Waals surface area contributed by atoms with Crippen LogP contribution in [0.5, 0.6) is 0 Å². The molecule has 7 heteroatoms. The monoisotopic (exact) mass is 361 g/mol. The molecule has 24 heavy (non-hydrogen) atoms. The van der Waals surface area contributed by atoms with Crippen LogP contribution in [-0.2, 0) is 13.6 Å². The van der Waals surface area contributed by atoms with E-state index in [1.807, 2.05) is 41.5 Å². The summed E-state index contributed by atoms with van der Waals surface area (Å²) in [5.74, 6) is 0.705. The number of guanidine groups is 1. The minimum absolute atomic E-state index is 0.269. The molecule has 0 atom stereocenters. The second-order valence-corrected chi connectivity index (χ2v) is 10.4. The van der Waals surface area contributed by atoms with Crippen LogP contribution in [0.3, 0.4) is 0 Å². The number of hydrogen-bond acceptors (Lipinski definition) is 3. The molecule has 6 nitrogen and oxygen atoms in total. The number of hydrogen-bond donors (Lipinski definition) is 0. The zero-order chi connectivity index (χ0) is 18.9. The van der Waals surface area contributed by atoms with E-state index in [0.29, 0.717) is 5.96 Å². The zero-order valence-corrected chi connectivity index (χ0v) is 18.0. The number of nitrogens with zero attached hydrogens (tertiary/aromatic N) is 3. The molecule has 1 aliphatic heterocycles. The van der Waals surface area contributed by atoms with Crippen LogP contribution in [0, 0.1) is 0 Å². The summed E-state index contributed by atoms with van der Waals surface area (Å²) < 4.78 is 29.6. The van der Waals surface area contributed by atoms with Crippen LogP contribution in [0.2, 0.25) is 0 Å². The van der Waals surface area contributed by atoms with Crippen LogP contribution in [0.4, 0.5) is 0 Å². The van der Waals surface area contributed by atoms with Gasteiger partial charge in [-0.05, 0) is 69.2 Å². The Morgan fingerprint density at radius 2 is 1.21 bits per heavy atom. The smallest absolute Gasteiger partial charge is 0.338 e. The van der Waals surface area contributed by atoms with Gasteiger partial charge in [-0.2, -0.15) is 0 Å². The molecule has 0 aromatic rings. The van der Waals surface area contributed by atoms with Crippen LogP contribution in [-0.4, -0.2) is 52.1 Å². The van der Waals surface area contributed by atoms with Gasteiger partial charge in [-0.1, -0.05) is 0 Å². The maximum atomic E-state index is 13.5. The van der Waals surface area contributed by atoms with Crippen molar-refractivity contribution < 1.29 is 13.6 Å². The standard InChI is InChI=1S/C17H36N3O3P/c1-13(2)19-11-12-20(14(3)4)15(19)18-24(21,22-16(5,6)7)23-17(8,9)10/h13-14H,11-12H2,1-10H3. The maximum Gasteiger partial charge on any atom is 0.458 e. The molecule has 1 heterocycles. The highest BCUT2D eigenvalue weighted by molar-refractivity contribution is 7.52. The zero-order valence-electron chi connectivity index (χ0n) is 17.1. The Morgan fingerprint density at radius 1 is 0.875 bits per heavy atom. The summed E-state index contributed by atoms with van der Waals surface area (Å²) in [5, 5.41) is 0. The van der Waals surface area contributed by atoms with Gasteiger partial charge in [-0.25, -0.2) is 4.57 Å². The summed E-state index contributed by atoms with van der Waals surface area (Å²) >= 11 is 0. The first-order valence-electron chi connectivity index (χ1n) is 8.79. The van der Waals surface area contributed by atoms with Gasteiger partial charge in [0.25, 0.3) is 0 Å². The molecule has 0 saturated carbocycles. The van der Waals surface area contributed by atoms with E-state index in [2.05, 4.69) is 42.3 Å². The molecule has 0 aliphatic carbocycles. The van der Waals surface area contributed by atoms with Gasteiger partial charge in [-0.3, -0.25) is 9.05 Å². The van der Waals surface area contributed by atoms with E-state index >= 15 is 0 Å². The van der Waals surface area contributed by atoms with Gasteiger partial charge in [0.1, 0.15) is 0 Å². The van der Waals surface area contributed by atoms with E-state index in [1.54, 1.807) is 0 Å². The average Bonchev–Trinajstić information content (AvgIpc) is 2.65. The highest BCUT2D eigenvalue weighted by atomic mass is 31.2. The third kappa shape index (κ3) is 6.38. The Labute approximate surface area is 148 Å². The molecular formula is C17H36N3O3P.